The van der Waals surface area contributed by atoms with Crippen molar-refractivity contribution in [1.82, 2.24) is 19.6 Å². The summed E-state index contributed by atoms with van der Waals surface area (Å²) in [6, 6.07) is 2.08. The van der Waals surface area contributed by atoms with E-state index < -0.39 is 9.84 Å². The highest BCUT2D eigenvalue weighted by molar-refractivity contribution is 7.91. The lowest BCUT2D eigenvalue weighted by Gasteiger charge is -2.29. The minimum Gasteiger partial charge on any atom is -0.335 e. The molecule has 0 N–H and O–H groups in total. The fourth-order valence-electron chi connectivity index (χ4n) is 3.36. The van der Waals surface area contributed by atoms with Gasteiger partial charge in [-0.3, -0.25) is 9.48 Å². The molecule has 1 aromatic heterocycles. The van der Waals surface area contributed by atoms with Crippen LogP contribution in [0.5, 0.6) is 0 Å². The van der Waals surface area contributed by atoms with Crippen LogP contribution in [-0.2, 0) is 27.7 Å². The summed E-state index contributed by atoms with van der Waals surface area (Å²) >= 11 is 0. The molecule has 23 heavy (non-hydrogen) atoms. The average molecular weight is 340 g/mol. The van der Waals surface area contributed by atoms with Gasteiger partial charge in [-0.25, -0.2) is 8.42 Å². The number of fused-ring (bicyclic) bond motifs is 1. The maximum atomic E-state index is 12.4. The van der Waals surface area contributed by atoms with Crippen LogP contribution in [0.2, 0.25) is 0 Å². The molecule has 0 unspecified atom stereocenters. The van der Waals surface area contributed by atoms with E-state index in [2.05, 4.69) is 5.10 Å². The largest absolute Gasteiger partial charge is 0.335 e. The molecule has 0 aromatic carbocycles. The highest BCUT2D eigenvalue weighted by Gasteiger charge is 2.31. The molecule has 0 aliphatic carbocycles. The first-order valence-electron chi connectivity index (χ1n) is 8.06. The van der Waals surface area contributed by atoms with Crippen LogP contribution in [0, 0.1) is 6.92 Å². The van der Waals surface area contributed by atoms with Crippen molar-refractivity contribution in [1.29, 1.82) is 0 Å². The van der Waals surface area contributed by atoms with Gasteiger partial charge in [0.1, 0.15) is 0 Å². The molecule has 1 amide bonds. The summed E-state index contributed by atoms with van der Waals surface area (Å²) in [6.07, 6.45) is 1.11. The molecular formula is C15H24N4O3S. The molecule has 3 rings (SSSR count). The summed E-state index contributed by atoms with van der Waals surface area (Å²) in [5.41, 5.74) is 2.06. The Morgan fingerprint density at radius 2 is 2.22 bits per heavy atom. The van der Waals surface area contributed by atoms with E-state index in [1.165, 1.54) is 0 Å². The standard InChI is InChI=1S/C15H24N4O3S/c1-12-9-14-10-18(6-7-19(14)16-12)15(20)3-5-17(2)13-4-8-23(21,22)11-13/h9,13H,3-8,10-11H2,1-2H3/t13-/m1/s1. The highest BCUT2D eigenvalue weighted by Crippen LogP contribution is 2.18. The van der Waals surface area contributed by atoms with Crippen molar-refractivity contribution in [3.8, 4) is 0 Å². The van der Waals surface area contributed by atoms with Gasteiger partial charge in [-0.1, -0.05) is 0 Å². The molecular weight excluding hydrogens is 316 g/mol. The van der Waals surface area contributed by atoms with Gasteiger partial charge in [0.25, 0.3) is 0 Å². The van der Waals surface area contributed by atoms with Crippen molar-refractivity contribution in [3.05, 3.63) is 17.5 Å². The van der Waals surface area contributed by atoms with E-state index in [9.17, 15) is 13.2 Å². The zero-order chi connectivity index (χ0) is 16.6. The lowest BCUT2D eigenvalue weighted by atomic mass is 10.2. The highest BCUT2D eigenvalue weighted by atomic mass is 32.2. The number of hydrogen-bond donors (Lipinski definition) is 0. The molecule has 1 atom stereocenters. The van der Waals surface area contributed by atoms with Crippen molar-refractivity contribution in [2.45, 2.75) is 38.9 Å². The van der Waals surface area contributed by atoms with E-state index >= 15 is 0 Å². The summed E-state index contributed by atoms with van der Waals surface area (Å²) in [7, 11) is -0.967. The Hall–Kier alpha value is -1.41. The molecule has 2 aliphatic heterocycles. The Morgan fingerprint density at radius 1 is 1.43 bits per heavy atom. The van der Waals surface area contributed by atoms with Gasteiger partial charge in [0.05, 0.1) is 36.0 Å². The van der Waals surface area contributed by atoms with Gasteiger partial charge in [-0.2, -0.15) is 5.10 Å². The summed E-state index contributed by atoms with van der Waals surface area (Å²) in [4.78, 5) is 16.3. The Morgan fingerprint density at radius 3 is 2.91 bits per heavy atom. The van der Waals surface area contributed by atoms with Gasteiger partial charge in [0.15, 0.2) is 9.84 Å². The lowest BCUT2D eigenvalue weighted by Crippen LogP contribution is -2.41. The third-order valence-electron chi connectivity index (χ3n) is 4.78. The number of aromatic nitrogens is 2. The number of rotatable bonds is 4. The second-order valence-corrected chi connectivity index (χ2v) is 8.83. The maximum Gasteiger partial charge on any atom is 0.224 e. The monoisotopic (exact) mass is 340 g/mol. The van der Waals surface area contributed by atoms with Gasteiger partial charge in [0.2, 0.25) is 5.91 Å². The van der Waals surface area contributed by atoms with Crippen molar-refractivity contribution in [3.63, 3.8) is 0 Å². The molecule has 1 aromatic rings. The van der Waals surface area contributed by atoms with E-state index in [-0.39, 0.29) is 23.5 Å². The van der Waals surface area contributed by atoms with Crippen LogP contribution < -0.4 is 0 Å². The quantitative estimate of drug-likeness (QED) is 0.774. The van der Waals surface area contributed by atoms with Crippen LogP contribution in [0.1, 0.15) is 24.2 Å². The van der Waals surface area contributed by atoms with Gasteiger partial charge in [-0.15, -0.1) is 0 Å². The molecule has 1 saturated heterocycles. The second kappa shape index (κ2) is 6.24. The number of amides is 1. The van der Waals surface area contributed by atoms with Gasteiger partial charge < -0.3 is 9.80 Å². The molecule has 7 nitrogen and oxygen atoms in total. The van der Waals surface area contributed by atoms with Gasteiger partial charge in [-0.05, 0) is 26.5 Å². The van der Waals surface area contributed by atoms with E-state index in [0.29, 0.717) is 32.5 Å². The van der Waals surface area contributed by atoms with Gasteiger partial charge in [0, 0.05) is 25.6 Å². The predicted octanol–water partition coefficient (Wildman–Crippen LogP) is 0.0427. The number of aryl methyl sites for hydroxylation is 1. The first-order chi connectivity index (χ1) is 10.8. The van der Waals surface area contributed by atoms with E-state index in [4.69, 9.17) is 0 Å². The van der Waals surface area contributed by atoms with Crippen LogP contribution in [0.4, 0.5) is 0 Å². The minimum absolute atomic E-state index is 0.0539. The first-order valence-corrected chi connectivity index (χ1v) is 9.88. The SMILES string of the molecule is Cc1cc2n(n1)CCN(C(=O)CCN(C)[C@@H]1CCS(=O)(=O)C1)C2. The van der Waals surface area contributed by atoms with E-state index in [0.717, 1.165) is 17.9 Å². The van der Waals surface area contributed by atoms with Crippen molar-refractivity contribution in [2.24, 2.45) is 0 Å². The molecule has 1 fully saturated rings. The first kappa shape index (κ1) is 16.4. The van der Waals surface area contributed by atoms with E-state index in [1.54, 1.807) is 0 Å². The van der Waals surface area contributed by atoms with Crippen LogP contribution in [-0.4, -0.2) is 71.6 Å². The molecule has 0 radical (unpaired) electrons. The maximum absolute atomic E-state index is 12.4. The zero-order valence-corrected chi connectivity index (χ0v) is 14.5. The van der Waals surface area contributed by atoms with Gasteiger partial charge >= 0.3 is 0 Å². The predicted molar refractivity (Wildman–Crippen MR) is 86.7 cm³/mol. The van der Waals surface area contributed by atoms with Crippen LogP contribution >= 0.6 is 0 Å². The van der Waals surface area contributed by atoms with E-state index in [1.807, 2.05) is 34.5 Å². The number of carbonyl (C=O) groups is 1. The molecule has 128 valence electrons. The Labute approximate surface area is 137 Å². The average Bonchev–Trinajstić information content (AvgIpc) is 3.04. The van der Waals surface area contributed by atoms with Crippen molar-refractivity contribution in [2.75, 3.05) is 31.6 Å². The lowest BCUT2D eigenvalue weighted by molar-refractivity contribution is -0.133. The fraction of sp³-hybridized carbons (Fsp3) is 0.733. The second-order valence-electron chi connectivity index (χ2n) is 6.60. The van der Waals surface area contributed by atoms with Crippen molar-refractivity contribution >= 4 is 15.7 Å². The number of carbonyl (C=O) groups excluding carboxylic acids is 1. The summed E-state index contributed by atoms with van der Waals surface area (Å²) in [5, 5.41) is 4.40. The fourth-order valence-corrected chi connectivity index (χ4v) is 5.16. The Kier molecular flexibility index (Phi) is 4.46. The van der Waals surface area contributed by atoms with Crippen LogP contribution in [0.15, 0.2) is 6.07 Å². The normalized spacial score (nSPS) is 23.3. The number of sulfone groups is 1. The molecule has 2 aliphatic rings. The Balaban J connectivity index is 1.50. The third-order valence-corrected chi connectivity index (χ3v) is 6.53. The molecule has 3 heterocycles. The zero-order valence-electron chi connectivity index (χ0n) is 13.7. The summed E-state index contributed by atoms with van der Waals surface area (Å²) < 4.78 is 25.0. The molecule has 8 heteroatoms. The number of hydrogen-bond acceptors (Lipinski definition) is 5. The molecule has 0 saturated carbocycles. The molecule has 0 spiro atoms. The van der Waals surface area contributed by atoms with Crippen LogP contribution in [0.3, 0.4) is 0 Å². The summed E-state index contributed by atoms with van der Waals surface area (Å²) in [5.74, 6) is 0.619. The smallest absolute Gasteiger partial charge is 0.224 e. The topological polar surface area (TPSA) is 75.5 Å². The minimum atomic E-state index is -2.88. The molecule has 0 bridgehead atoms. The van der Waals surface area contributed by atoms with Crippen molar-refractivity contribution < 1.29 is 13.2 Å². The Bertz CT molecular complexity index is 698. The number of nitrogens with zero attached hydrogens (tertiary/aromatic N) is 4. The summed E-state index contributed by atoms with van der Waals surface area (Å²) in [6.45, 7) is 4.61. The van der Waals surface area contributed by atoms with Crippen LogP contribution in [0.25, 0.3) is 0 Å². The third kappa shape index (κ3) is 3.74.